The van der Waals surface area contributed by atoms with E-state index in [1.807, 2.05) is 42.5 Å². The molecule has 0 aliphatic heterocycles. The van der Waals surface area contributed by atoms with Gasteiger partial charge < -0.3 is 15.5 Å². The second kappa shape index (κ2) is 9.50. The molecule has 0 spiro atoms. The van der Waals surface area contributed by atoms with Crippen LogP contribution in [0.3, 0.4) is 0 Å². The van der Waals surface area contributed by atoms with Gasteiger partial charge in [0.25, 0.3) is 11.8 Å². The molecule has 0 aliphatic carbocycles. The minimum Gasteiger partial charge on any atom is -0.372 e. The molecule has 6 heteroatoms. The van der Waals surface area contributed by atoms with Crippen LogP contribution in [-0.2, 0) is 0 Å². The van der Waals surface area contributed by atoms with Crippen molar-refractivity contribution in [3.05, 3.63) is 84.2 Å². The molecule has 0 saturated carbocycles. The lowest BCUT2D eigenvalue weighted by Gasteiger charge is -2.21. The van der Waals surface area contributed by atoms with Crippen LogP contribution >= 0.6 is 0 Å². The van der Waals surface area contributed by atoms with Gasteiger partial charge in [-0.2, -0.15) is 0 Å². The Balaban J connectivity index is 1.68. The van der Waals surface area contributed by atoms with Gasteiger partial charge in [0.2, 0.25) is 0 Å². The highest BCUT2D eigenvalue weighted by Gasteiger charge is 2.13. The van der Waals surface area contributed by atoms with Crippen LogP contribution in [0.5, 0.6) is 0 Å². The maximum absolute atomic E-state index is 12.6. The quantitative estimate of drug-likeness (QED) is 0.628. The van der Waals surface area contributed by atoms with E-state index < -0.39 is 0 Å². The molecule has 2 aromatic carbocycles. The molecule has 3 aromatic rings. The fraction of sp³-hybridized carbons (Fsp3) is 0.174. The summed E-state index contributed by atoms with van der Waals surface area (Å²) in [5.41, 5.74) is 3.01. The number of para-hydroxylation sites is 1. The fourth-order valence-corrected chi connectivity index (χ4v) is 2.96. The van der Waals surface area contributed by atoms with Gasteiger partial charge in [0.15, 0.2) is 0 Å². The first kappa shape index (κ1) is 20.1. The number of hydrogen-bond donors (Lipinski definition) is 2. The smallest absolute Gasteiger partial charge is 0.274 e. The van der Waals surface area contributed by atoms with E-state index in [0.29, 0.717) is 16.9 Å². The third-order valence-corrected chi connectivity index (χ3v) is 4.54. The van der Waals surface area contributed by atoms with Crippen LogP contribution in [0.2, 0.25) is 0 Å². The predicted molar refractivity (Wildman–Crippen MR) is 117 cm³/mol. The monoisotopic (exact) mass is 388 g/mol. The Hall–Kier alpha value is -3.67. The largest absolute Gasteiger partial charge is 0.372 e. The van der Waals surface area contributed by atoms with Gasteiger partial charge in [0.1, 0.15) is 5.69 Å². The Labute approximate surface area is 170 Å². The summed E-state index contributed by atoms with van der Waals surface area (Å²) in [6.07, 6.45) is 1.46. The van der Waals surface area contributed by atoms with Crippen LogP contribution in [0.4, 0.5) is 17.1 Å². The highest BCUT2D eigenvalue weighted by molar-refractivity contribution is 6.07. The number of amides is 2. The topological polar surface area (TPSA) is 74.3 Å². The third-order valence-electron chi connectivity index (χ3n) is 4.54. The zero-order chi connectivity index (χ0) is 20.6. The minimum atomic E-state index is -0.366. The summed E-state index contributed by atoms with van der Waals surface area (Å²) < 4.78 is 0. The van der Waals surface area contributed by atoms with E-state index in [-0.39, 0.29) is 17.5 Å². The molecule has 2 N–H and O–H groups in total. The molecule has 148 valence electrons. The average molecular weight is 388 g/mol. The molecular formula is C23H24N4O2. The number of aromatic nitrogens is 1. The lowest BCUT2D eigenvalue weighted by Crippen LogP contribution is -2.21. The molecular weight excluding hydrogens is 364 g/mol. The number of benzene rings is 2. The summed E-state index contributed by atoms with van der Waals surface area (Å²) in [6, 6.07) is 19.9. The molecule has 6 nitrogen and oxygen atoms in total. The number of rotatable bonds is 7. The third kappa shape index (κ3) is 5.19. The Bertz CT molecular complexity index is 968. The average Bonchev–Trinajstić information content (AvgIpc) is 2.76. The Morgan fingerprint density at radius 2 is 1.45 bits per heavy atom. The molecule has 0 bridgehead atoms. The Morgan fingerprint density at radius 1 is 0.828 bits per heavy atom. The van der Waals surface area contributed by atoms with Crippen LogP contribution < -0.4 is 15.5 Å². The van der Waals surface area contributed by atoms with Crippen LogP contribution in [0.1, 0.15) is 34.7 Å². The number of pyridine rings is 1. The van der Waals surface area contributed by atoms with Crippen LogP contribution in [0, 0.1) is 0 Å². The molecule has 3 rings (SSSR count). The zero-order valence-corrected chi connectivity index (χ0v) is 16.6. The number of carbonyl (C=O) groups excluding carboxylic acids is 2. The SMILES string of the molecule is CCN(CC)c1ccc(NC(=O)c2cc(C(=O)Nc3ccccc3)ccn2)cc1. The summed E-state index contributed by atoms with van der Waals surface area (Å²) in [5.74, 6) is -0.661. The molecule has 2 amide bonds. The summed E-state index contributed by atoms with van der Waals surface area (Å²) >= 11 is 0. The van der Waals surface area contributed by atoms with Gasteiger partial charge in [-0.15, -0.1) is 0 Å². The Kier molecular flexibility index (Phi) is 6.58. The van der Waals surface area contributed by atoms with Gasteiger partial charge in [0, 0.05) is 41.9 Å². The van der Waals surface area contributed by atoms with E-state index >= 15 is 0 Å². The van der Waals surface area contributed by atoms with Crippen LogP contribution in [0.25, 0.3) is 0 Å². The van der Waals surface area contributed by atoms with E-state index in [1.165, 1.54) is 12.3 Å². The highest BCUT2D eigenvalue weighted by Crippen LogP contribution is 2.18. The minimum absolute atomic E-state index is 0.179. The lowest BCUT2D eigenvalue weighted by molar-refractivity contribution is 0.102. The van der Waals surface area contributed by atoms with E-state index in [2.05, 4.69) is 34.4 Å². The number of nitrogens with one attached hydrogen (secondary N) is 2. The number of anilines is 3. The number of nitrogens with zero attached hydrogens (tertiary/aromatic N) is 2. The normalized spacial score (nSPS) is 10.3. The van der Waals surface area contributed by atoms with Crippen molar-refractivity contribution in [2.75, 3.05) is 28.6 Å². The summed E-state index contributed by atoms with van der Waals surface area (Å²) in [5, 5.41) is 5.62. The van der Waals surface area contributed by atoms with E-state index in [9.17, 15) is 9.59 Å². The van der Waals surface area contributed by atoms with Gasteiger partial charge in [-0.1, -0.05) is 18.2 Å². The summed E-state index contributed by atoms with van der Waals surface area (Å²) in [4.78, 5) is 31.3. The first-order chi connectivity index (χ1) is 14.1. The fourth-order valence-electron chi connectivity index (χ4n) is 2.96. The van der Waals surface area contributed by atoms with Gasteiger partial charge in [0.05, 0.1) is 0 Å². The predicted octanol–water partition coefficient (Wildman–Crippen LogP) is 4.43. The van der Waals surface area contributed by atoms with Crippen molar-refractivity contribution in [3.8, 4) is 0 Å². The summed E-state index contributed by atoms with van der Waals surface area (Å²) in [6.45, 7) is 6.05. The van der Waals surface area contributed by atoms with Crippen molar-refractivity contribution in [1.82, 2.24) is 4.98 Å². The van der Waals surface area contributed by atoms with E-state index in [0.717, 1.165) is 18.8 Å². The molecule has 1 heterocycles. The van der Waals surface area contributed by atoms with Gasteiger partial charge in [-0.25, -0.2) is 0 Å². The van der Waals surface area contributed by atoms with E-state index in [4.69, 9.17) is 0 Å². The molecule has 29 heavy (non-hydrogen) atoms. The molecule has 0 atom stereocenters. The van der Waals surface area contributed by atoms with Gasteiger partial charge >= 0.3 is 0 Å². The second-order valence-corrected chi connectivity index (χ2v) is 6.42. The van der Waals surface area contributed by atoms with Gasteiger partial charge in [-0.3, -0.25) is 14.6 Å². The molecule has 0 saturated heterocycles. The molecule has 1 aromatic heterocycles. The zero-order valence-electron chi connectivity index (χ0n) is 16.6. The highest BCUT2D eigenvalue weighted by atomic mass is 16.2. The second-order valence-electron chi connectivity index (χ2n) is 6.42. The van der Waals surface area contributed by atoms with Gasteiger partial charge in [-0.05, 0) is 62.4 Å². The van der Waals surface area contributed by atoms with Crippen molar-refractivity contribution >= 4 is 28.9 Å². The first-order valence-electron chi connectivity index (χ1n) is 9.59. The standard InChI is InChI=1S/C23H24N4O2/c1-3-27(4-2)20-12-10-19(11-13-20)26-23(29)21-16-17(14-15-24-21)22(28)25-18-8-6-5-7-9-18/h5-16H,3-4H2,1-2H3,(H,25,28)(H,26,29). The van der Waals surface area contributed by atoms with Crippen molar-refractivity contribution in [2.45, 2.75) is 13.8 Å². The van der Waals surface area contributed by atoms with Crippen molar-refractivity contribution < 1.29 is 9.59 Å². The Morgan fingerprint density at radius 3 is 2.10 bits per heavy atom. The molecule has 0 unspecified atom stereocenters. The first-order valence-corrected chi connectivity index (χ1v) is 9.59. The number of hydrogen-bond acceptors (Lipinski definition) is 4. The maximum atomic E-state index is 12.6. The maximum Gasteiger partial charge on any atom is 0.274 e. The summed E-state index contributed by atoms with van der Waals surface area (Å²) in [7, 11) is 0. The van der Waals surface area contributed by atoms with Crippen molar-refractivity contribution in [3.63, 3.8) is 0 Å². The molecule has 0 aliphatic rings. The lowest BCUT2D eigenvalue weighted by atomic mass is 10.2. The number of carbonyl (C=O) groups is 2. The van der Waals surface area contributed by atoms with Crippen LogP contribution in [-0.4, -0.2) is 29.9 Å². The molecule has 0 fully saturated rings. The van der Waals surface area contributed by atoms with Crippen molar-refractivity contribution in [2.24, 2.45) is 0 Å². The van der Waals surface area contributed by atoms with E-state index in [1.54, 1.807) is 18.2 Å². The van der Waals surface area contributed by atoms with Crippen LogP contribution in [0.15, 0.2) is 72.9 Å². The van der Waals surface area contributed by atoms with Crippen molar-refractivity contribution in [1.29, 1.82) is 0 Å². The molecule has 0 radical (unpaired) electrons.